The predicted molar refractivity (Wildman–Crippen MR) is 106 cm³/mol. The molecule has 2 aliphatic rings. The first-order valence-corrected chi connectivity index (χ1v) is 11.1. The van der Waals surface area contributed by atoms with Gasteiger partial charge in [0.2, 0.25) is 11.8 Å². The maximum Gasteiger partial charge on any atom is 0.242 e. The van der Waals surface area contributed by atoms with E-state index in [4.69, 9.17) is 0 Å². The van der Waals surface area contributed by atoms with Crippen LogP contribution >= 0.6 is 0 Å². The maximum absolute atomic E-state index is 12.4. The van der Waals surface area contributed by atoms with Gasteiger partial charge in [-0.15, -0.1) is 0 Å². The number of unbranched alkanes of at least 4 members (excludes halogenated alkanes) is 9. The van der Waals surface area contributed by atoms with Gasteiger partial charge in [0, 0.05) is 13.1 Å². The molecule has 5 nitrogen and oxygen atoms in total. The van der Waals surface area contributed by atoms with Gasteiger partial charge in [0.25, 0.3) is 0 Å². The molecule has 0 spiro atoms. The summed E-state index contributed by atoms with van der Waals surface area (Å²) in [5.41, 5.74) is 0. The smallest absolute Gasteiger partial charge is 0.242 e. The molecule has 2 rings (SSSR count). The van der Waals surface area contributed by atoms with Crippen LogP contribution in [0, 0.1) is 0 Å². The second-order valence-electron chi connectivity index (χ2n) is 7.96. The molecule has 0 aromatic heterocycles. The van der Waals surface area contributed by atoms with E-state index in [0.717, 1.165) is 45.3 Å². The Morgan fingerprint density at radius 2 is 1.58 bits per heavy atom. The lowest BCUT2D eigenvalue weighted by atomic mass is 10.1. The molecular formula is C21H39N3O2. The Bertz CT molecular complexity index is 423. The van der Waals surface area contributed by atoms with Crippen molar-refractivity contribution in [1.82, 2.24) is 15.5 Å². The van der Waals surface area contributed by atoms with Gasteiger partial charge in [-0.05, 0) is 32.2 Å². The number of rotatable bonds is 13. The summed E-state index contributed by atoms with van der Waals surface area (Å²) in [5, 5.41) is 6.21. The number of hydrogen-bond donors (Lipinski definition) is 2. The highest BCUT2D eigenvalue weighted by molar-refractivity contribution is 5.90. The molecule has 2 N–H and O–H groups in total. The number of carbonyl (C=O) groups excluding carboxylic acids is 2. The summed E-state index contributed by atoms with van der Waals surface area (Å²) in [5.74, 6) is 0.166. The lowest BCUT2D eigenvalue weighted by molar-refractivity contribution is -0.141. The first kappa shape index (κ1) is 21.2. The summed E-state index contributed by atoms with van der Waals surface area (Å²) < 4.78 is 0. The number of nitrogens with one attached hydrogen (secondary N) is 2. The minimum absolute atomic E-state index is 0.0473. The molecule has 0 unspecified atom stereocenters. The minimum atomic E-state index is -0.243. The van der Waals surface area contributed by atoms with Gasteiger partial charge in [0.15, 0.2) is 0 Å². The van der Waals surface area contributed by atoms with E-state index in [9.17, 15) is 9.59 Å². The fraction of sp³-hybridized carbons (Fsp3) is 0.905. The monoisotopic (exact) mass is 365 g/mol. The minimum Gasteiger partial charge on any atom is -0.354 e. The predicted octanol–water partition coefficient (Wildman–Crippen LogP) is 3.38. The van der Waals surface area contributed by atoms with Gasteiger partial charge in [-0.3, -0.25) is 9.59 Å². The Morgan fingerprint density at radius 1 is 0.962 bits per heavy atom. The van der Waals surface area contributed by atoms with Crippen molar-refractivity contribution in [2.24, 2.45) is 0 Å². The zero-order chi connectivity index (χ0) is 18.6. The molecule has 0 bridgehead atoms. The van der Waals surface area contributed by atoms with Gasteiger partial charge in [-0.2, -0.15) is 0 Å². The number of hydrogen-bond acceptors (Lipinski definition) is 3. The third kappa shape index (κ3) is 6.90. The highest BCUT2D eigenvalue weighted by atomic mass is 16.2. The number of nitrogens with zero attached hydrogens (tertiary/aromatic N) is 1. The van der Waals surface area contributed by atoms with E-state index >= 15 is 0 Å². The van der Waals surface area contributed by atoms with Crippen molar-refractivity contribution in [2.45, 2.75) is 102 Å². The fourth-order valence-corrected chi connectivity index (χ4v) is 3.94. The van der Waals surface area contributed by atoms with Crippen LogP contribution in [-0.4, -0.2) is 48.4 Å². The Hall–Kier alpha value is -1.10. The van der Waals surface area contributed by atoms with Crippen LogP contribution < -0.4 is 10.6 Å². The van der Waals surface area contributed by atoms with E-state index in [1.54, 1.807) is 4.90 Å². The molecule has 2 fully saturated rings. The van der Waals surface area contributed by atoms with Crippen molar-refractivity contribution in [1.29, 1.82) is 0 Å². The third-order valence-corrected chi connectivity index (χ3v) is 5.79. The Morgan fingerprint density at radius 3 is 2.15 bits per heavy atom. The molecule has 2 atom stereocenters. The van der Waals surface area contributed by atoms with Gasteiger partial charge in [-0.1, -0.05) is 64.7 Å². The van der Waals surface area contributed by atoms with Crippen molar-refractivity contribution in [3.8, 4) is 0 Å². The van der Waals surface area contributed by atoms with Crippen molar-refractivity contribution in [2.75, 3.05) is 19.6 Å². The van der Waals surface area contributed by atoms with E-state index in [0.29, 0.717) is 0 Å². The average Bonchev–Trinajstić information content (AvgIpc) is 3.08. The third-order valence-electron chi connectivity index (χ3n) is 5.79. The molecule has 2 heterocycles. The molecular weight excluding hydrogens is 326 g/mol. The van der Waals surface area contributed by atoms with Gasteiger partial charge in [-0.25, -0.2) is 0 Å². The number of amides is 2. The molecule has 0 aromatic rings. The summed E-state index contributed by atoms with van der Waals surface area (Å²) >= 11 is 0. The fourth-order valence-electron chi connectivity index (χ4n) is 3.94. The van der Waals surface area contributed by atoms with E-state index < -0.39 is 0 Å². The quantitative estimate of drug-likeness (QED) is 0.492. The largest absolute Gasteiger partial charge is 0.354 e. The lowest BCUT2D eigenvalue weighted by Crippen LogP contribution is -2.57. The highest BCUT2D eigenvalue weighted by Crippen LogP contribution is 2.20. The van der Waals surface area contributed by atoms with Crippen molar-refractivity contribution >= 4 is 11.8 Å². The molecule has 0 aliphatic carbocycles. The number of likely N-dealkylation sites (tertiary alicyclic amines) is 1. The first-order valence-electron chi connectivity index (χ1n) is 11.1. The number of carbonyl (C=O) groups is 2. The van der Waals surface area contributed by atoms with Crippen LogP contribution in [0.4, 0.5) is 0 Å². The Kier molecular flexibility index (Phi) is 10.0. The summed E-state index contributed by atoms with van der Waals surface area (Å²) in [4.78, 5) is 26.6. The van der Waals surface area contributed by atoms with Crippen molar-refractivity contribution < 1.29 is 9.59 Å². The van der Waals surface area contributed by atoms with Gasteiger partial charge in [0.05, 0.1) is 6.04 Å². The molecule has 0 saturated carbocycles. The summed E-state index contributed by atoms with van der Waals surface area (Å²) in [6.07, 6.45) is 15.7. The molecule has 150 valence electrons. The van der Waals surface area contributed by atoms with Gasteiger partial charge < -0.3 is 15.5 Å². The van der Waals surface area contributed by atoms with E-state index in [-0.39, 0.29) is 23.9 Å². The second-order valence-corrected chi connectivity index (χ2v) is 7.96. The van der Waals surface area contributed by atoms with E-state index in [1.165, 1.54) is 57.8 Å². The van der Waals surface area contributed by atoms with E-state index in [1.807, 2.05) is 0 Å². The normalized spacial score (nSPS) is 22.3. The Labute approximate surface area is 159 Å². The van der Waals surface area contributed by atoms with Crippen LogP contribution in [0.25, 0.3) is 0 Å². The molecule has 2 saturated heterocycles. The van der Waals surface area contributed by atoms with Gasteiger partial charge in [0.1, 0.15) is 6.04 Å². The van der Waals surface area contributed by atoms with Crippen LogP contribution in [0.5, 0.6) is 0 Å². The molecule has 5 heteroatoms. The summed E-state index contributed by atoms with van der Waals surface area (Å²) in [6.45, 7) is 4.65. The van der Waals surface area contributed by atoms with Crippen molar-refractivity contribution in [3.63, 3.8) is 0 Å². The van der Waals surface area contributed by atoms with Crippen LogP contribution in [0.2, 0.25) is 0 Å². The van der Waals surface area contributed by atoms with Crippen LogP contribution in [0.1, 0.15) is 90.4 Å². The van der Waals surface area contributed by atoms with Crippen LogP contribution in [0.15, 0.2) is 0 Å². The molecule has 0 radical (unpaired) electrons. The SMILES string of the molecule is CCCCCCCCCCCCNC(=O)[C@@H]1CCCN1C(=O)[C@@H]1CCN1. The zero-order valence-electron chi connectivity index (χ0n) is 16.7. The molecule has 0 aromatic carbocycles. The zero-order valence-corrected chi connectivity index (χ0v) is 16.7. The van der Waals surface area contributed by atoms with Gasteiger partial charge >= 0.3 is 0 Å². The maximum atomic E-state index is 12.4. The standard InChI is InChI=1S/C21H39N3O2/c1-2-3-4-5-6-7-8-9-10-11-15-23-20(25)19-13-12-17-24(19)21(26)18-14-16-22-18/h18-19,22H,2-17H2,1H3,(H,23,25)/t18-,19-/m0/s1. The van der Waals surface area contributed by atoms with Crippen LogP contribution in [0.3, 0.4) is 0 Å². The lowest BCUT2D eigenvalue weighted by Gasteiger charge is -2.33. The highest BCUT2D eigenvalue weighted by Gasteiger charge is 2.38. The van der Waals surface area contributed by atoms with Crippen LogP contribution in [-0.2, 0) is 9.59 Å². The first-order chi connectivity index (χ1) is 12.7. The molecule has 26 heavy (non-hydrogen) atoms. The summed E-state index contributed by atoms with van der Waals surface area (Å²) in [6, 6.07) is -0.293. The topological polar surface area (TPSA) is 61.4 Å². The second kappa shape index (κ2) is 12.3. The Balaban J connectivity index is 1.48. The summed E-state index contributed by atoms with van der Waals surface area (Å²) in [7, 11) is 0. The molecule has 2 amide bonds. The molecule has 2 aliphatic heterocycles. The van der Waals surface area contributed by atoms with E-state index in [2.05, 4.69) is 17.6 Å². The van der Waals surface area contributed by atoms with Crippen molar-refractivity contribution in [3.05, 3.63) is 0 Å². The average molecular weight is 366 g/mol.